The van der Waals surface area contributed by atoms with Gasteiger partial charge in [0.05, 0.1) is 6.04 Å². The Morgan fingerprint density at radius 1 is 1.59 bits per heavy atom. The highest BCUT2D eigenvalue weighted by Gasteiger charge is 2.20. The van der Waals surface area contributed by atoms with E-state index in [-0.39, 0.29) is 0 Å². The molecule has 96 valence electrons. The first kappa shape index (κ1) is 13.2. The van der Waals surface area contributed by atoms with Crippen molar-refractivity contribution in [2.45, 2.75) is 45.2 Å². The molecule has 5 heteroatoms. The monoisotopic (exact) mass is 272 g/mol. The Hall–Kier alpha value is -0.260. The van der Waals surface area contributed by atoms with Crippen molar-refractivity contribution in [1.29, 1.82) is 0 Å². The SMILES string of the molecule is CCc1cnc(C(C)NC2CCS(=O)CC2)s1. The van der Waals surface area contributed by atoms with Crippen LogP contribution in [-0.2, 0) is 17.2 Å². The van der Waals surface area contributed by atoms with Crippen LogP contribution in [0.4, 0.5) is 0 Å². The molecule has 0 radical (unpaired) electrons. The van der Waals surface area contributed by atoms with Crippen molar-refractivity contribution in [1.82, 2.24) is 10.3 Å². The van der Waals surface area contributed by atoms with Gasteiger partial charge in [-0.3, -0.25) is 4.21 Å². The second-order valence-corrected chi connectivity index (χ2v) is 7.37. The molecule has 0 saturated carbocycles. The Morgan fingerprint density at radius 2 is 2.29 bits per heavy atom. The van der Waals surface area contributed by atoms with Crippen LogP contribution >= 0.6 is 11.3 Å². The predicted molar refractivity (Wildman–Crippen MR) is 73.9 cm³/mol. The van der Waals surface area contributed by atoms with Gasteiger partial charge in [-0.05, 0) is 26.2 Å². The molecular weight excluding hydrogens is 252 g/mol. The van der Waals surface area contributed by atoms with Crippen molar-refractivity contribution < 1.29 is 4.21 Å². The van der Waals surface area contributed by atoms with E-state index >= 15 is 0 Å². The number of aromatic nitrogens is 1. The molecule has 1 saturated heterocycles. The van der Waals surface area contributed by atoms with Gasteiger partial charge in [-0.2, -0.15) is 0 Å². The summed E-state index contributed by atoms with van der Waals surface area (Å²) in [6.07, 6.45) is 5.10. The van der Waals surface area contributed by atoms with Gasteiger partial charge in [0.25, 0.3) is 0 Å². The maximum absolute atomic E-state index is 11.3. The predicted octanol–water partition coefficient (Wildman–Crippen LogP) is 2.27. The lowest BCUT2D eigenvalue weighted by Gasteiger charge is -2.25. The van der Waals surface area contributed by atoms with E-state index in [1.165, 1.54) is 9.88 Å². The summed E-state index contributed by atoms with van der Waals surface area (Å²) in [6, 6.07) is 0.827. The summed E-state index contributed by atoms with van der Waals surface area (Å²) in [5, 5.41) is 4.78. The van der Waals surface area contributed by atoms with Crippen molar-refractivity contribution in [2.24, 2.45) is 0 Å². The second kappa shape index (κ2) is 6.07. The molecule has 0 amide bonds. The number of hydrogen-bond donors (Lipinski definition) is 1. The molecule has 0 aromatic carbocycles. The van der Waals surface area contributed by atoms with E-state index in [9.17, 15) is 4.21 Å². The van der Waals surface area contributed by atoms with Crippen molar-refractivity contribution in [3.63, 3.8) is 0 Å². The smallest absolute Gasteiger partial charge is 0.109 e. The lowest BCUT2D eigenvalue weighted by Crippen LogP contribution is -2.37. The summed E-state index contributed by atoms with van der Waals surface area (Å²) in [5.74, 6) is 1.70. The summed E-state index contributed by atoms with van der Waals surface area (Å²) >= 11 is 1.80. The zero-order chi connectivity index (χ0) is 12.3. The molecule has 1 aliphatic heterocycles. The van der Waals surface area contributed by atoms with Gasteiger partial charge in [0, 0.05) is 39.4 Å². The molecule has 1 aromatic rings. The average molecular weight is 272 g/mol. The second-order valence-electron chi connectivity index (χ2n) is 4.53. The third-order valence-corrected chi connectivity index (χ3v) is 5.87. The van der Waals surface area contributed by atoms with Gasteiger partial charge in [0.15, 0.2) is 0 Å². The van der Waals surface area contributed by atoms with E-state index in [0.29, 0.717) is 12.1 Å². The van der Waals surface area contributed by atoms with E-state index in [1.54, 1.807) is 11.3 Å². The lowest BCUT2D eigenvalue weighted by atomic mass is 10.1. The van der Waals surface area contributed by atoms with Crippen molar-refractivity contribution >= 4 is 22.1 Å². The molecule has 0 bridgehead atoms. The van der Waals surface area contributed by atoms with Crippen LogP contribution in [0.3, 0.4) is 0 Å². The molecular formula is C12H20N2OS2. The molecule has 1 atom stereocenters. The average Bonchev–Trinajstić information content (AvgIpc) is 2.81. The number of aryl methyl sites for hydroxylation is 1. The van der Waals surface area contributed by atoms with Crippen molar-refractivity contribution in [3.05, 3.63) is 16.1 Å². The quantitative estimate of drug-likeness (QED) is 0.914. The Balaban J connectivity index is 1.88. The molecule has 1 aromatic heterocycles. The summed E-state index contributed by atoms with van der Waals surface area (Å²) in [7, 11) is -0.571. The van der Waals surface area contributed by atoms with Crippen LogP contribution in [0.1, 0.15) is 42.6 Å². The summed E-state index contributed by atoms with van der Waals surface area (Å²) < 4.78 is 11.3. The van der Waals surface area contributed by atoms with Gasteiger partial charge < -0.3 is 5.32 Å². The highest BCUT2D eigenvalue weighted by atomic mass is 32.2. The fourth-order valence-corrected chi connectivity index (χ4v) is 4.24. The first-order valence-corrected chi connectivity index (χ1v) is 8.55. The third kappa shape index (κ3) is 3.60. The molecule has 1 N–H and O–H groups in total. The van der Waals surface area contributed by atoms with Gasteiger partial charge in [-0.1, -0.05) is 6.92 Å². The van der Waals surface area contributed by atoms with Crippen LogP contribution in [0.25, 0.3) is 0 Å². The zero-order valence-corrected chi connectivity index (χ0v) is 12.1. The normalized spacial score (nSPS) is 26.9. The van der Waals surface area contributed by atoms with Crippen molar-refractivity contribution in [3.8, 4) is 0 Å². The summed E-state index contributed by atoms with van der Waals surface area (Å²) in [5.41, 5.74) is 0. The van der Waals surface area contributed by atoms with Crippen LogP contribution in [0.15, 0.2) is 6.20 Å². The number of thiazole rings is 1. The highest BCUT2D eigenvalue weighted by Crippen LogP contribution is 2.22. The first-order valence-electron chi connectivity index (χ1n) is 6.24. The third-order valence-electron chi connectivity index (χ3n) is 3.16. The summed E-state index contributed by atoms with van der Waals surface area (Å²) in [4.78, 5) is 5.81. The minimum Gasteiger partial charge on any atom is -0.305 e. The van der Waals surface area contributed by atoms with Gasteiger partial charge in [-0.25, -0.2) is 4.98 Å². The summed E-state index contributed by atoms with van der Waals surface area (Å²) in [6.45, 7) is 4.33. The van der Waals surface area contributed by atoms with E-state index < -0.39 is 10.8 Å². The van der Waals surface area contributed by atoms with E-state index in [0.717, 1.165) is 30.8 Å². The minimum absolute atomic E-state index is 0.317. The fraction of sp³-hybridized carbons (Fsp3) is 0.750. The largest absolute Gasteiger partial charge is 0.305 e. The number of hydrogen-bond acceptors (Lipinski definition) is 4. The standard InChI is InChI=1S/C12H20N2OS2/c1-3-11-8-13-12(16-11)9(2)14-10-4-6-17(15)7-5-10/h8-10,14H,3-7H2,1-2H3. The Kier molecular flexibility index (Phi) is 4.70. The molecule has 3 nitrogen and oxygen atoms in total. The van der Waals surface area contributed by atoms with Crippen LogP contribution in [0, 0.1) is 0 Å². The molecule has 1 aliphatic rings. The number of nitrogens with zero attached hydrogens (tertiary/aromatic N) is 1. The Bertz CT molecular complexity index is 382. The van der Waals surface area contributed by atoms with E-state index in [4.69, 9.17) is 0 Å². The molecule has 2 rings (SSSR count). The van der Waals surface area contributed by atoms with Gasteiger partial charge in [0.2, 0.25) is 0 Å². The first-order chi connectivity index (χ1) is 8.19. The van der Waals surface area contributed by atoms with Crippen LogP contribution in [0.2, 0.25) is 0 Å². The topological polar surface area (TPSA) is 42.0 Å². The van der Waals surface area contributed by atoms with Crippen molar-refractivity contribution in [2.75, 3.05) is 11.5 Å². The van der Waals surface area contributed by atoms with E-state index in [2.05, 4.69) is 24.1 Å². The number of rotatable bonds is 4. The van der Waals surface area contributed by atoms with Crippen LogP contribution < -0.4 is 5.32 Å². The van der Waals surface area contributed by atoms with E-state index in [1.807, 2.05) is 6.20 Å². The molecule has 2 heterocycles. The fourth-order valence-electron chi connectivity index (χ4n) is 2.07. The molecule has 0 aliphatic carbocycles. The van der Waals surface area contributed by atoms with Gasteiger partial charge in [-0.15, -0.1) is 11.3 Å². The lowest BCUT2D eigenvalue weighted by molar-refractivity contribution is 0.426. The molecule has 0 spiro atoms. The number of nitrogens with one attached hydrogen (secondary N) is 1. The van der Waals surface area contributed by atoms with Gasteiger partial charge >= 0.3 is 0 Å². The molecule has 1 unspecified atom stereocenters. The Morgan fingerprint density at radius 3 is 2.88 bits per heavy atom. The maximum Gasteiger partial charge on any atom is 0.109 e. The van der Waals surface area contributed by atoms with Gasteiger partial charge in [0.1, 0.15) is 5.01 Å². The molecule has 1 fully saturated rings. The Labute approximate surface area is 109 Å². The zero-order valence-electron chi connectivity index (χ0n) is 10.4. The highest BCUT2D eigenvalue weighted by molar-refractivity contribution is 7.85. The van der Waals surface area contributed by atoms with Crippen LogP contribution in [0.5, 0.6) is 0 Å². The maximum atomic E-state index is 11.3. The molecule has 17 heavy (non-hydrogen) atoms. The minimum atomic E-state index is -0.571. The van der Waals surface area contributed by atoms with Crippen LogP contribution in [-0.4, -0.2) is 26.7 Å².